The second kappa shape index (κ2) is 20.9. The number of allylic oxidation sites excluding steroid dienone is 11. The van der Waals surface area contributed by atoms with Gasteiger partial charge in [0.25, 0.3) is 0 Å². The molecule has 0 bridgehead atoms. The van der Waals surface area contributed by atoms with Gasteiger partial charge in [0.05, 0.1) is 29.5 Å². The Balaban J connectivity index is 1.25. The molecule has 1 aromatic heterocycles. The van der Waals surface area contributed by atoms with E-state index in [2.05, 4.69) is 61.6 Å². The minimum Gasteiger partial charge on any atom is -0.507 e. The van der Waals surface area contributed by atoms with E-state index in [1.807, 2.05) is 12.2 Å². The summed E-state index contributed by atoms with van der Waals surface area (Å²) in [4.78, 5) is 25.9. The summed E-state index contributed by atoms with van der Waals surface area (Å²) in [6.07, 6.45) is 24.3. The summed E-state index contributed by atoms with van der Waals surface area (Å²) in [6.45, 7) is 1.47. The number of carbonyl (C=O) groups is 1. The van der Waals surface area contributed by atoms with E-state index in [-0.39, 0.29) is 34.3 Å². The van der Waals surface area contributed by atoms with Gasteiger partial charge in [0, 0.05) is 0 Å². The Morgan fingerprint density at radius 3 is 1.87 bits per heavy atom. The third kappa shape index (κ3) is 11.1. The molecule has 1 aliphatic rings. The highest BCUT2D eigenvalue weighted by Gasteiger charge is 2.45. The van der Waals surface area contributed by atoms with Crippen molar-refractivity contribution < 1.29 is 44.2 Å². The fraction of sp³-hybridized carbons (Fsp3) is 0.333. The maximum atomic E-state index is 13.5. The van der Waals surface area contributed by atoms with Crippen molar-refractivity contribution in [2.75, 3.05) is 6.61 Å². The van der Waals surface area contributed by atoms with Crippen LogP contribution in [-0.4, -0.2) is 62.5 Å². The average Bonchev–Trinajstić information content (AvgIpc) is 3.14. The number of phenolic OH excluding ortho intramolecular Hbond substituents is 1. The maximum absolute atomic E-state index is 13.5. The van der Waals surface area contributed by atoms with Gasteiger partial charge in [-0.1, -0.05) is 92.0 Å². The number of aliphatic hydroxyl groups excluding tert-OH is 4. The van der Waals surface area contributed by atoms with Crippen molar-refractivity contribution in [3.8, 4) is 22.6 Å². The first-order valence-corrected chi connectivity index (χ1v) is 17.6. The van der Waals surface area contributed by atoms with Gasteiger partial charge in [-0.3, -0.25) is 9.59 Å². The van der Waals surface area contributed by atoms with Crippen LogP contribution < -0.4 is 10.2 Å². The van der Waals surface area contributed by atoms with Gasteiger partial charge in [0.15, 0.2) is 0 Å². The molecule has 0 saturated carbocycles. The predicted molar refractivity (Wildman–Crippen MR) is 201 cm³/mol. The van der Waals surface area contributed by atoms with Crippen LogP contribution >= 0.6 is 0 Å². The molecule has 0 aliphatic carbocycles. The zero-order chi connectivity index (χ0) is 37.3. The normalized spacial score (nSPS) is 21.3. The van der Waals surface area contributed by atoms with Crippen LogP contribution in [0.25, 0.3) is 22.1 Å². The fourth-order valence-corrected chi connectivity index (χ4v) is 5.60. The molecule has 52 heavy (non-hydrogen) atoms. The molecule has 0 spiro atoms. The number of esters is 1. The van der Waals surface area contributed by atoms with Crippen molar-refractivity contribution in [1.82, 2.24) is 0 Å². The standard InChI is InChI=1S/C42H48O10/c1-2-3-4-5-6-7-8-9-10-11-12-13-14-15-16-17-18-19-20-35(45)51-30-23-21-29(22-24-30)32-28-50-41-31(37(32)46)25-26-33(44)36(41)42-40(49)39(48)38(47)34(27-43)52-42/h3-4,6-7,9-10,12-13,15-16,18-19,21-26,28,34,38-40,42-44,47-49H,2,5,8,11,14,17,20,27H2,1H3/b4-3+,7-6+,10-9+,13-12+,16-15+,19-18+/t34-,38-,39+,40-,42?/m1/s1. The fourth-order valence-electron chi connectivity index (χ4n) is 5.60. The SMILES string of the molecule is CC/C=C/C/C=C/C/C=C/C/C=C/C/C=C/C/C=C/CC(=O)Oc1ccc(-c2coc3c(C4O[C@H](CO)[C@@H](O)[C@H](O)[C@H]4O)c(O)ccc3c2=O)cc1. The van der Waals surface area contributed by atoms with Crippen LogP contribution in [0.4, 0.5) is 0 Å². The first-order chi connectivity index (χ1) is 25.3. The second-order valence-electron chi connectivity index (χ2n) is 12.2. The van der Waals surface area contributed by atoms with E-state index < -0.39 is 48.5 Å². The van der Waals surface area contributed by atoms with E-state index >= 15 is 0 Å². The molecule has 1 aliphatic heterocycles. The van der Waals surface area contributed by atoms with Gasteiger partial charge in [-0.15, -0.1) is 0 Å². The topological polar surface area (TPSA) is 167 Å². The average molecular weight is 713 g/mol. The molecular formula is C42H48O10. The molecule has 276 valence electrons. The van der Waals surface area contributed by atoms with Gasteiger partial charge in [-0.25, -0.2) is 0 Å². The number of phenols is 1. The largest absolute Gasteiger partial charge is 0.507 e. The van der Waals surface area contributed by atoms with Crippen molar-refractivity contribution in [1.29, 1.82) is 0 Å². The lowest BCUT2D eigenvalue weighted by Crippen LogP contribution is -2.55. The van der Waals surface area contributed by atoms with Crippen LogP contribution in [0.2, 0.25) is 0 Å². The van der Waals surface area contributed by atoms with E-state index in [9.17, 15) is 35.1 Å². The van der Waals surface area contributed by atoms with Crippen LogP contribution in [0.15, 0.2) is 125 Å². The Hall–Kier alpha value is -4.84. The first kappa shape index (κ1) is 39.9. The molecule has 10 nitrogen and oxygen atoms in total. The van der Waals surface area contributed by atoms with Crippen LogP contribution in [-0.2, 0) is 9.53 Å². The summed E-state index contributed by atoms with van der Waals surface area (Å²) >= 11 is 0. The molecule has 0 amide bonds. The molecular weight excluding hydrogens is 664 g/mol. The Morgan fingerprint density at radius 2 is 1.31 bits per heavy atom. The second-order valence-corrected chi connectivity index (χ2v) is 12.2. The highest BCUT2D eigenvalue weighted by Crippen LogP contribution is 2.40. The number of carbonyl (C=O) groups excluding carboxylic acids is 1. The zero-order valence-corrected chi connectivity index (χ0v) is 29.3. The molecule has 1 fully saturated rings. The summed E-state index contributed by atoms with van der Waals surface area (Å²) in [7, 11) is 0. The Bertz CT molecular complexity index is 1830. The van der Waals surface area contributed by atoms with E-state index in [0.717, 1.165) is 32.1 Å². The lowest BCUT2D eigenvalue weighted by molar-refractivity contribution is -0.231. The van der Waals surface area contributed by atoms with Gasteiger partial charge in [-0.2, -0.15) is 0 Å². The molecule has 3 aromatic rings. The summed E-state index contributed by atoms with van der Waals surface area (Å²) in [5.74, 6) is -0.499. The molecule has 1 saturated heterocycles. The number of hydrogen-bond acceptors (Lipinski definition) is 10. The number of aliphatic hydroxyl groups is 4. The lowest BCUT2D eigenvalue weighted by atomic mass is 9.89. The highest BCUT2D eigenvalue weighted by atomic mass is 16.5. The third-order valence-corrected chi connectivity index (χ3v) is 8.41. The minimum atomic E-state index is -1.69. The lowest BCUT2D eigenvalue weighted by Gasteiger charge is -2.40. The molecule has 2 heterocycles. The molecule has 5 N–H and O–H groups in total. The van der Waals surface area contributed by atoms with Crippen LogP contribution in [0.3, 0.4) is 0 Å². The molecule has 0 radical (unpaired) electrons. The monoisotopic (exact) mass is 712 g/mol. The minimum absolute atomic E-state index is 0.0640. The third-order valence-electron chi connectivity index (χ3n) is 8.41. The first-order valence-electron chi connectivity index (χ1n) is 17.6. The maximum Gasteiger partial charge on any atom is 0.315 e. The van der Waals surface area contributed by atoms with E-state index in [1.54, 1.807) is 30.3 Å². The van der Waals surface area contributed by atoms with Crippen molar-refractivity contribution >= 4 is 16.9 Å². The van der Waals surface area contributed by atoms with E-state index in [0.29, 0.717) is 17.7 Å². The Labute approximate surface area is 303 Å². The van der Waals surface area contributed by atoms with Crippen LogP contribution in [0.1, 0.15) is 63.5 Å². The van der Waals surface area contributed by atoms with Gasteiger partial charge < -0.3 is 39.4 Å². The smallest absolute Gasteiger partial charge is 0.315 e. The van der Waals surface area contributed by atoms with Crippen molar-refractivity contribution in [2.45, 2.75) is 82.4 Å². The van der Waals surface area contributed by atoms with Gasteiger partial charge in [0.2, 0.25) is 5.43 Å². The van der Waals surface area contributed by atoms with Crippen molar-refractivity contribution in [3.05, 3.63) is 131 Å². The molecule has 2 aromatic carbocycles. The van der Waals surface area contributed by atoms with Gasteiger partial charge >= 0.3 is 5.97 Å². The number of aromatic hydroxyl groups is 1. The Kier molecular flexibility index (Phi) is 16.0. The van der Waals surface area contributed by atoms with E-state index in [1.165, 1.54) is 18.4 Å². The quantitative estimate of drug-likeness (QED) is 0.0579. The Morgan fingerprint density at radius 1 is 0.750 bits per heavy atom. The summed E-state index contributed by atoms with van der Waals surface area (Å²) in [5.41, 5.74) is 0.0309. The summed E-state index contributed by atoms with van der Waals surface area (Å²) in [5, 5.41) is 51.3. The number of rotatable bonds is 17. The summed E-state index contributed by atoms with van der Waals surface area (Å²) in [6, 6.07) is 8.94. The number of hydrogen-bond donors (Lipinski definition) is 5. The number of ether oxygens (including phenoxy) is 2. The van der Waals surface area contributed by atoms with Crippen LogP contribution in [0.5, 0.6) is 11.5 Å². The van der Waals surface area contributed by atoms with E-state index in [4.69, 9.17) is 13.9 Å². The molecule has 5 atom stereocenters. The summed E-state index contributed by atoms with van der Waals surface area (Å²) < 4.78 is 16.8. The van der Waals surface area contributed by atoms with Crippen LogP contribution in [0, 0.1) is 0 Å². The van der Waals surface area contributed by atoms with Gasteiger partial charge in [0.1, 0.15) is 53.9 Å². The number of fused-ring (bicyclic) bond motifs is 1. The molecule has 4 rings (SSSR count). The van der Waals surface area contributed by atoms with Crippen molar-refractivity contribution in [2.24, 2.45) is 0 Å². The zero-order valence-electron chi connectivity index (χ0n) is 29.3. The highest BCUT2D eigenvalue weighted by molar-refractivity contribution is 5.86. The number of benzene rings is 2. The predicted octanol–water partition coefficient (Wildman–Crippen LogP) is 6.67. The molecule has 1 unspecified atom stereocenters. The van der Waals surface area contributed by atoms with Crippen molar-refractivity contribution in [3.63, 3.8) is 0 Å². The van der Waals surface area contributed by atoms with Gasteiger partial charge in [-0.05, 0) is 68.4 Å². The molecule has 10 heteroatoms.